The van der Waals surface area contributed by atoms with Crippen molar-refractivity contribution < 1.29 is 0 Å². The molecule has 1 aromatic heterocycles. The number of rotatable bonds is 3. The van der Waals surface area contributed by atoms with Gasteiger partial charge in [-0.3, -0.25) is 0 Å². The number of hydrogen-bond acceptors (Lipinski definition) is 3. The average Bonchev–Trinajstić information content (AvgIpc) is 2.39. The molecule has 96 valence electrons. The average molecular weight is 316 g/mol. The van der Waals surface area contributed by atoms with Gasteiger partial charge >= 0.3 is 0 Å². The Bertz CT molecular complexity index is 614. The molecule has 0 aliphatic heterocycles. The van der Waals surface area contributed by atoms with Crippen LogP contribution in [0.4, 0.5) is 5.82 Å². The summed E-state index contributed by atoms with van der Waals surface area (Å²) in [4.78, 5) is 6.53. The second-order valence-corrected chi connectivity index (χ2v) is 5.37. The Morgan fingerprint density at radius 1 is 1.32 bits per heavy atom. The molecule has 0 saturated carbocycles. The van der Waals surface area contributed by atoms with Crippen molar-refractivity contribution in [2.75, 3.05) is 11.9 Å². The highest BCUT2D eigenvalue weighted by Crippen LogP contribution is 2.21. The first-order valence-corrected chi connectivity index (χ1v) is 6.72. The van der Waals surface area contributed by atoms with Gasteiger partial charge in [-0.1, -0.05) is 12.1 Å². The maximum Gasteiger partial charge on any atom is 0.131 e. The predicted octanol–water partition coefficient (Wildman–Crippen LogP) is 3.66. The summed E-state index contributed by atoms with van der Waals surface area (Å²) >= 11 is 3.42. The van der Waals surface area contributed by atoms with Crippen LogP contribution >= 0.6 is 15.9 Å². The van der Waals surface area contributed by atoms with Crippen molar-refractivity contribution >= 4 is 21.7 Å². The Hall–Kier alpha value is -1.86. The summed E-state index contributed by atoms with van der Waals surface area (Å²) in [6.07, 6.45) is 1.80. The van der Waals surface area contributed by atoms with Crippen LogP contribution in [0, 0.1) is 18.3 Å². The molecule has 0 fully saturated rings. The van der Waals surface area contributed by atoms with E-state index in [0.29, 0.717) is 5.56 Å². The third kappa shape index (κ3) is 3.33. The van der Waals surface area contributed by atoms with Crippen molar-refractivity contribution in [1.29, 1.82) is 5.26 Å². The largest absolute Gasteiger partial charge is 0.355 e. The van der Waals surface area contributed by atoms with Crippen LogP contribution in [0.2, 0.25) is 0 Å². The van der Waals surface area contributed by atoms with Crippen molar-refractivity contribution in [2.24, 2.45) is 0 Å². The number of hydrogen-bond donors (Lipinski definition) is 0. The quantitative estimate of drug-likeness (QED) is 0.867. The molecule has 19 heavy (non-hydrogen) atoms. The number of anilines is 1. The zero-order valence-electron chi connectivity index (χ0n) is 10.9. The number of aromatic nitrogens is 1. The van der Waals surface area contributed by atoms with E-state index in [4.69, 9.17) is 5.26 Å². The van der Waals surface area contributed by atoms with Gasteiger partial charge in [-0.15, -0.1) is 0 Å². The van der Waals surface area contributed by atoms with Gasteiger partial charge in [0.15, 0.2) is 0 Å². The predicted molar refractivity (Wildman–Crippen MR) is 79.9 cm³/mol. The Balaban J connectivity index is 2.16. The molecule has 0 aliphatic rings. The molecule has 0 bridgehead atoms. The summed E-state index contributed by atoms with van der Waals surface area (Å²) in [5, 5.41) is 8.78. The molecule has 3 nitrogen and oxygen atoms in total. The lowest BCUT2D eigenvalue weighted by Gasteiger charge is -2.20. The van der Waals surface area contributed by atoms with Crippen molar-refractivity contribution in [3.8, 4) is 6.07 Å². The topological polar surface area (TPSA) is 39.9 Å². The first-order valence-electron chi connectivity index (χ1n) is 5.92. The summed E-state index contributed by atoms with van der Waals surface area (Å²) in [6, 6.07) is 11.8. The Morgan fingerprint density at radius 2 is 2.00 bits per heavy atom. The van der Waals surface area contributed by atoms with Crippen molar-refractivity contribution in [1.82, 2.24) is 4.98 Å². The number of halogens is 1. The smallest absolute Gasteiger partial charge is 0.131 e. The summed E-state index contributed by atoms with van der Waals surface area (Å²) in [5.74, 6) is 0.965. The third-order valence-corrected chi connectivity index (χ3v) is 3.32. The highest BCUT2D eigenvalue weighted by Gasteiger charge is 2.07. The molecule has 0 radical (unpaired) electrons. The lowest BCUT2D eigenvalue weighted by molar-refractivity contribution is 0.889. The van der Waals surface area contributed by atoms with Crippen LogP contribution in [0.25, 0.3) is 0 Å². The minimum Gasteiger partial charge on any atom is -0.355 e. The van der Waals surface area contributed by atoms with E-state index in [1.165, 1.54) is 0 Å². The van der Waals surface area contributed by atoms with Crippen LogP contribution in [0.15, 0.2) is 41.0 Å². The molecule has 0 aliphatic carbocycles. The van der Waals surface area contributed by atoms with Crippen LogP contribution in [0.1, 0.15) is 16.7 Å². The van der Waals surface area contributed by atoms with E-state index < -0.39 is 0 Å². The number of nitrogens with zero attached hydrogens (tertiary/aromatic N) is 3. The molecule has 0 saturated heterocycles. The van der Waals surface area contributed by atoms with E-state index in [2.05, 4.69) is 37.9 Å². The second kappa shape index (κ2) is 5.85. The lowest BCUT2D eigenvalue weighted by atomic mass is 10.1. The molecule has 0 spiro atoms. The van der Waals surface area contributed by atoms with Gasteiger partial charge in [0.1, 0.15) is 5.82 Å². The van der Waals surface area contributed by atoms with Crippen LogP contribution in [0.5, 0.6) is 0 Å². The molecule has 0 unspecified atom stereocenters. The number of benzene rings is 1. The molecule has 2 aromatic rings. The fourth-order valence-electron chi connectivity index (χ4n) is 1.97. The lowest BCUT2D eigenvalue weighted by Crippen LogP contribution is -2.18. The van der Waals surface area contributed by atoms with Gasteiger partial charge < -0.3 is 4.90 Å². The number of aryl methyl sites for hydroxylation is 1. The highest BCUT2D eigenvalue weighted by molar-refractivity contribution is 9.10. The molecule has 0 amide bonds. The summed E-state index contributed by atoms with van der Waals surface area (Å²) < 4.78 is 0.987. The zero-order chi connectivity index (χ0) is 13.8. The highest BCUT2D eigenvalue weighted by atomic mass is 79.9. The molecule has 1 aromatic carbocycles. The van der Waals surface area contributed by atoms with Crippen LogP contribution in [-0.4, -0.2) is 12.0 Å². The molecule has 0 atom stereocenters. The van der Waals surface area contributed by atoms with E-state index in [-0.39, 0.29) is 0 Å². The maximum atomic E-state index is 8.78. The third-order valence-electron chi connectivity index (χ3n) is 2.88. The summed E-state index contributed by atoms with van der Waals surface area (Å²) in [6.45, 7) is 2.81. The van der Waals surface area contributed by atoms with E-state index in [0.717, 1.165) is 28.0 Å². The SMILES string of the molecule is Cc1cc(Br)cnc1N(C)Cc1ccc(C#N)cc1. The molecular formula is C15H14BrN3. The normalized spacial score (nSPS) is 10.0. The summed E-state index contributed by atoms with van der Waals surface area (Å²) in [5.41, 5.74) is 2.97. The van der Waals surface area contributed by atoms with E-state index in [1.807, 2.05) is 38.2 Å². The van der Waals surface area contributed by atoms with Crippen molar-refractivity contribution in [3.63, 3.8) is 0 Å². The first kappa shape index (κ1) is 13.6. The van der Waals surface area contributed by atoms with Gasteiger partial charge in [0.25, 0.3) is 0 Å². The number of pyridine rings is 1. The maximum absolute atomic E-state index is 8.78. The van der Waals surface area contributed by atoms with E-state index in [9.17, 15) is 0 Å². The zero-order valence-corrected chi connectivity index (χ0v) is 12.5. The van der Waals surface area contributed by atoms with Crippen molar-refractivity contribution in [2.45, 2.75) is 13.5 Å². The number of nitriles is 1. The van der Waals surface area contributed by atoms with E-state index >= 15 is 0 Å². The standard InChI is InChI=1S/C15H14BrN3/c1-11-7-14(16)9-18-15(11)19(2)10-13-5-3-12(8-17)4-6-13/h3-7,9H,10H2,1-2H3. The minimum atomic E-state index is 0.685. The Kier molecular flexibility index (Phi) is 4.18. The van der Waals surface area contributed by atoms with Gasteiger partial charge in [0, 0.05) is 24.3 Å². The van der Waals surface area contributed by atoms with Crippen LogP contribution < -0.4 is 4.90 Å². The molecule has 0 N–H and O–H groups in total. The van der Waals surface area contributed by atoms with Crippen molar-refractivity contribution in [3.05, 3.63) is 57.7 Å². The van der Waals surface area contributed by atoms with Crippen LogP contribution in [-0.2, 0) is 6.54 Å². The van der Waals surface area contributed by atoms with Gasteiger partial charge in [-0.25, -0.2) is 4.98 Å². The Morgan fingerprint density at radius 3 is 2.58 bits per heavy atom. The minimum absolute atomic E-state index is 0.685. The second-order valence-electron chi connectivity index (χ2n) is 4.46. The van der Waals surface area contributed by atoms with Crippen LogP contribution in [0.3, 0.4) is 0 Å². The van der Waals surface area contributed by atoms with Gasteiger partial charge in [0.05, 0.1) is 11.6 Å². The summed E-state index contributed by atoms with van der Waals surface area (Å²) in [7, 11) is 2.02. The first-order chi connectivity index (χ1) is 9.10. The fourth-order valence-corrected chi connectivity index (χ4v) is 2.41. The molecule has 2 rings (SSSR count). The molecule has 4 heteroatoms. The monoisotopic (exact) mass is 315 g/mol. The van der Waals surface area contributed by atoms with Gasteiger partial charge in [0.2, 0.25) is 0 Å². The van der Waals surface area contributed by atoms with E-state index in [1.54, 1.807) is 6.20 Å². The fraction of sp³-hybridized carbons (Fsp3) is 0.200. The Labute approximate surface area is 121 Å². The van der Waals surface area contributed by atoms with Gasteiger partial charge in [-0.05, 0) is 52.2 Å². The molecular weight excluding hydrogens is 302 g/mol. The van der Waals surface area contributed by atoms with Gasteiger partial charge in [-0.2, -0.15) is 5.26 Å². The molecule has 1 heterocycles.